The van der Waals surface area contributed by atoms with Crippen molar-refractivity contribution in [1.82, 2.24) is 10.2 Å². The van der Waals surface area contributed by atoms with Gasteiger partial charge in [0.05, 0.1) is 21.3 Å². The van der Waals surface area contributed by atoms with Crippen LogP contribution in [0.4, 0.5) is 0 Å². The monoisotopic (exact) mass is 416 g/mol. The van der Waals surface area contributed by atoms with E-state index in [0.717, 1.165) is 17.9 Å². The molecule has 0 aliphatic rings. The summed E-state index contributed by atoms with van der Waals surface area (Å²) in [4.78, 5) is 2.12. The van der Waals surface area contributed by atoms with Crippen molar-refractivity contribution in [3.63, 3.8) is 0 Å². The minimum absolute atomic E-state index is 0.184. The molecule has 0 aliphatic heterocycles. The van der Waals surface area contributed by atoms with Gasteiger partial charge in [-0.15, -0.1) is 0 Å². The smallest absolute Gasteiger partial charge is 0.143 e. The van der Waals surface area contributed by atoms with Crippen molar-refractivity contribution in [1.29, 1.82) is 0 Å². The molecule has 0 aliphatic carbocycles. The summed E-state index contributed by atoms with van der Waals surface area (Å²) >= 11 is 6.68. The molecule has 6 heteroatoms. The molecule has 0 radical (unpaired) electrons. The Bertz CT molecular complexity index is 562. The predicted molar refractivity (Wildman–Crippen MR) is 90.3 cm³/mol. The number of hydrogen-bond acceptors (Lipinski definition) is 4. The molecule has 2 aromatic rings. The zero-order valence-corrected chi connectivity index (χ0v) is 15.1. The van der Waals surface area contributed by atoms with Gasteiger partial charge in [-0.05, 0) is 75.8 Å². The number of furan rings is 1. The Morgan fingerprint density at radius 3 is 2.48 bits per heavy atom. The quantitative estimate of drug-likeness (QED) is 0.748. The summed E-state index contributed by atoms with van der Waals surface area (Å²) in [6, 6.07) is 7.89. The van der Waals surface area contributed by atoms with Crippen LogP contribution in [0.2, 0.25) is 0 Å². The minimum Gasteiger partial charge on any atom is -0.506 e. The predicted octanol–water partition coefficient (Wildman–Crippen LogP) is 3.90. The SMILES string of the molecule is CN(C)C(CNCc1cc(Br)c(O)c(Br)c1)c1ccco1. The lowest BCUT2D eigenvalue weighted by molar-refractivity contribution is 0.250. The largest absolute Gasteiger partial charge is 0.506 e. The Hall–Kier alpha value is -0.820. The average Bonchev–Trinajstić information content (AvgIpc) is 2.94. The second-order valence-electron chi connectivity index (χ2n) is 5.03. The van der Waals surface area contributed by atoms with Crippen molar-refractivity contribution in [2.75, 3.05) is 20.6 Å². The molecule has 1 aromatic carbocycles. The fourth-order valence-electron chi connectivity index (χ4n) is 2.09. The number of nitrogens with zero attached hydrogens (tertiary/aromatic N) is 1. The van der Waals surface area contributed by atoms with Crippen LogP contribution in [0.3, 0.4) is 0 Å². The van der Waals surface area contributed by atoms with Gasteiger partial charge in [-0.3, -0.25) is 4.90 Å². The number of aromatic hydroxyl groups is 1. The van der Waals surface area contributed by atoms with E-state index in [1.807, 2.05) is 38.4 Å². The number of benzene rings is 1. The highest BCUT2D eigenvalue weighted by Gasteiger charge is 2.16. The molecular weight excluding hydrogens is 400 g/mol. The van der Waals surface area contributed by atoms with Crippen molar-refractivity contribution in [2.45, 2.75) is 12.6 Å². The van der Waals surface area contributed by atoms with Crippen molar-refractivity contribution in [3.8, 4) is 5.75 Å². The number of rotatable bonds is 6. The van der Waals surface area contributed by atoms with Gasteiger partial charge >= 0.3 is 0 Å². The van der Waals surface area contributed by atoms with Gasteiger partial charge in [0, 0.05) is 13.1 Å². The first-order valence-corrected chi connectivity index (χ1v) is 8.15. The molecule has 0 saturated heterocycles. The maximum absolute atomic E-state index is 9.71. The van der Waals surface area contributed by atoms with Gasteiger partial charge < -0.3 is 14.8 Å². The summed E-state index contributed by atoms with van der Waals surface area (Å²) in [6.45, 7) is 1.49. The third-order valence-electron chi connectivity index (χ3n) is 3.24. The number of phenolic OH excluding ortho intramolecular Hbond substituents is 1. The Morgan fingerprint density at radius 2 is 1.95 bits per heavy atom. The first-order chi connectivity index (χ1) is 9.99. The molecule has 0 amide bonds. The van der Waals surface area contributed by atoms with Crippen LogP contribution in [0, 0.1) is 0 Å². The van der Waals surface area contributed by atoms with E-state index in [9.17, 15) is 5.11 Å². The lowest BCUT2D eigenvalue weighted by atomic mass is 10.2. The number of phenols is 1. The number of likely N-dealkylation sites (N-methyl/N-ethyl adjacent to an activating group) is 1. The van der Waals surface area contributed by atoms with Crippen molar-refractivity contribution >= 4 is 31.9 Å². The standard InChI is InChI=1S/C15H18Br2N2O2/c1-19(2)13(14-4-3-5-21-14)9-18-8-10-6-11(16)15(20)12(17)7-10/h3-7,13,18,20H,8-9H2,1-2H3. The molecule has 0 bridgehead atoms. The molecule has 2 rings (SSSR count). The van der Waals surface area contributed by atoms with Gasteiger partial charge in [-0.2, -0.15) is 0 Å². The highest BCUT2D eigenvalue weighted by molar-refractivity contribution is 9.11. The van der Waals surface area contributed by atoms with E-state index in [4.69, 9.17) is 4.42 Å². The molecule has 2 N–H and O–H groups in total. The lowest BCUT2D eigenvalue weighted by Crippen LogP contribution is -2.30. The molecule has 114 valence electrons. The molecule has 1 unspecified atom stereocenters. The summed E-state index contributed by atoms with van der Waals surface area (Å²) in [5.41, 5.74) is 1.09. The van der Waals surface area contributed by atoms with E-state index in [1.165, 1.54) is 0 Å². The Balaban J connectivity index is 1.97. The van der Waals surface area contributed by atoms with Crippen LogP contribution in [0.1, 0.15) is 17.4 Å². The van der Waals surface area contributed by atoms with Gasteiger partial charge in [0.2, 0.25) is 0 Å². The van der Waals surface area contributed by atoms with Crippen LogP contribution in [0.15, 0.2) is 43.9 Å². The second-order valence-corrected chi connectivity index (χ2v) is 6.74. The van der Waals surface area contributed by atoms with Crippen LogP contribution >= 0.6 is 31.9 Å². The van der Waals surface area contributed by atoms with E-state index in [0.29, 0.717) is 15.5 Å². The maximum Gasteiger partial charge on any atom is 0.143 e. The molecule has 21 heavy (non-hydrogen) atoms. The first kappa shape index (κ1) is 16.5. The van der Waals surface area contributed by atoms with Crippen LogP contribution in [-0.4, -0.2) is 30.6 Å². The first-order valence-electron chi connectivity index (χ1n) is 6.56. The van der Waals surface area contributed by atoms with E-state index >= 15 is 0 Å². The molecule has 0 spiro atoms. The third-order valence-corrected chi connectivity index (χ3v) is 4.45. The zero-order valence-electron chi connectivity index (χ0n) is 11.9. The van der Waals surface area contributed by atoms with Gasteiger partial charge in [-0.25, -0.2) is 0 Å². The molecule has 0 fully saturated rings. The summed E-state index contributed by atoms with van der Waals surface area (Å²) in [5, 5.41) is 13.1. The average molecular weight is 418 g/mol. The molecule has 1 heterocycles. The van der Waals surface area contributed by atoms with Gasteiger partial charge in [0.25, 0.3) is 0 Å². The van der Waals surface area contributed by atoms with E-state index in [-0.39, 0.29) is 11.8 Å². The van der Waals surface area contributed by atoms with Crippen LogP contribution in [-0.2, 0) is 6.54 Å². The molecular formula is C15H18Br2N2O2. The number of halogens is 2. The highest BCUT2D eigenvalue weighted by Crippen LogP contribution is 2.33. The van der Waals surface area contributed by atoms with E-state index < -0.39 is 0 Å². The second kappa shape index (κ2) is 7.45. The van der Waals surface area contributed by atoms with Crippen LogP contribution in [0.5, 0.6) is 5.75 Å². The lowest BCUT2D eigenvalue weighted by Gasteiger charge is -2.22. The number of nitrogens with one attached hydrogen (secondary N) is 1. The van der Waals surface area contributed by atoms with E-state index in [1.54, 1.807) is 6.26 Å². The topological polar surface area (TPSA) is 48.6 Å². The molecule has 0 saturated carbocycles. The Morgan fingerprint density at radius 1 is 1.29 bits per heavy atom. The summed E-state index contributed by atoms with van der Waals surface area (Å²) in [5.74, 6) is 1.17. The summed E-state index contributed by atoms with van der Waals surface area (Å²) < 4.78 is 6.85. The fraction of sp³-hybridized carbons (Fsp3) is 0.333. The number of hydrogen-bond donors (Lipinski definition) is 2. The minimum atomic E-state index is 0.184. The highest BCUT2D eigenvalue weighted by atomic mass is 79.9. The fourth-order valence-corrected chi connectivity index (χ4v) is 3.37. The zero-order chi connectivity index (χ0) is 15.4. The summed E-state index contributed by atoms with van der Waals surface area (Å²) in [7, 11) is 4.06. The molecule has 1 aromatic heterocycles. The van der Waals surface area contributed by atoms with Gasteiger partial charge in [0.15, 0.2) is 0 Å². The summed E-state index contributed by atoms with van der Waals surface area (Å²) in [6.07, 6.45) is 1.69. The third kappa shape index (κ3) is 4.32. The van der Waals surface area contributed by atoms with Gasteiger partial charge in [-0.1, -0.05) is 0 Å². The van der Waals surface area contributed by atoms with E-state index in [2.05, 4.69) is 42.1 Å². The van der Waals surface area contributed by atoms with Crippen molar-refractivity contribution < 1.29 is 9.52 Å². The van der Waals surface area contributed by atoms with Crippen molar-refractivity contribution in [2.24, 2.45) is 0 Å². The molecule has 4 nitrogen and oxygen atoms in total. The van der Waals surface area contributed by atoms with Crippen LogP contribution in [0.25, 0.3) is 0 Å². The van der Waals surface area contributed by atoms with Crippen molar-refractivity contribution in [3.05, 3.63) is 50.8 Å². The Labute approximate surface area is 141 Å². The van der Waals surface area contributed by atoms with Crippen LogP contribution < -0.4 is 5.32 Å². The Kier molecular flexibility index (Phi) is 5.87. The molecule has 1 atom stereocenters. The normalized spacial score (nSPS) is 12.8. The van der Waals surface area contributed by atoms with Gasteiger partial charge in [0.1, 0.15) is 11.5 Å². The maximum atomic E-state index is 9.71.